The van der Waals surface area contributed by atoms with Gasteiger partial charge in [0.05, 0.1) is 20.3 Å². The average molecular weight is 305 g/mol. The van der Waals surface area contributed by atoms with Gasteiger partial charge in [0.25, 0.3) is 0 Å². The number of rotatable bonds is 5. The zero-order valence-corrected chi connectivity index (χ0v) is 15.1. The molecule has 0 aromatic rings. The van der Waals surface area contributed by atoms with Crippen molar-refractivity contribution < 1.29 is 19.7 Å². The van der Waals surface area contributed by atoms with Crippen molar-refractivity contribution in [2.24, 2.45) is 0 Å². The van der Waals surface area contributed by atoms with Crippen LogP contribution in [-0.4, -0.2) is 49.5 Å². The summed E-state index contributed by atoms with van der Waals surface area (Å²) in [7, 11) is -1.77. The summed E-state index contributed by atoms with van der Waals surface area (Å²) in [4.78, 5) is 0. The molecule has 3 atom stereocenters. The van der Waals surface area contributed by atoms with Crippen LogP contribution >= 0.6 is 0 Å². The normalized spacial score (nSPS) is 28.6. The molecule has 2 N–H and O–H groups in total. The molecule has 0 unspecified atom stereocenters. The van der Waals surface area contributed by atoms with Crippen molar-refractivity contribution in [1.29, 1.82) is 0 Å². The first-order valence-corrected chi connectivity index (χ1v) is 10.6. The van der Waals surface area contributed by atoms with Gasteiger partial charge in [-0.1, -0.05) is 33.9 Å². The van der Waals surface area contributed by atoms with Gasteiger partial charge in [0, 0.05) is 18.8 Å². The lowest BCUT2D eigenvalue weighted by Gasteiger charge is -2.45. The van der Waals surface area contributed by atoms with E-state index in [1.54, 1.807) is 0 Å². The van der Waals surface area contributed by atoms with E-state index < -0.39 is 13.9 Å². The summed E-state index contributed by atoms with van der Waals surface area (Å²) in [5.74, 6) is -0.639. The van der Waals surface area contributed by atoms with Gasteiger partial charge in [-0.05, 0) is 25.3 Å². The molecule has 1 saturated heterocycles. The summed E-state index contributed by atoms with van der Waals surface area (Å²) in [5.41, 5.74) is 0.0980. The highest BCUT2D eigenvalue weighted by atomic mass is 28.3. The van der Waals surface area contributed by atoms with Crippen molar-refractivity contribution >= 4 is 8.07 Å². The molecule has 0 aromatic heterocycles. The molecule has 0 amide bonds. The number of ether oxygens (including phenoxy) is 2. The van der Waals surface area contributed by atoms with Gasteiger partial charge < -0.3 is 19.7 Å². The van der Waals surface area contributed by atoms with Crippen molar-refractivity contribution in [2.75, 3.05) is 13.2 Å². The van der Waals surface area contributed by atoms with E-state index in [-0.39, 0.29) is 36.0 Å². The second kappa shape index (κ2) is 6.05. The highest BCUT2D eigenvalue weighted by Crippen LogP contribution is 2.48. The molecule has 0 radical (unpaired) electrons. The average Bonchev–Trinajstić information content (AvgIpc) is 2.53. The minimum Gasteiger partial charge on any atom is -0.396 e. The van der Waals surface area contributed by atoms with Gasteiger partial charge in [0.1, 0.15) is 0 Å². The van der Waals surface area contributed by atoms with Crippen LogP contribution in [0.4, 0.5) is 0 Å². The van der Waals surface area contributed by atoms with E-state index in [9.17, 15) is 10.2 Å². The highest BCUT2D eigenvalue weighted by Gasteiger charge is 2.52. The molecule has 0 aliphatic carbocycles. The Balaban J connectivity index is 3.04. The number of aliphatic hydroxyl groups excluding tert-OH is 2. The van der Waals surface area contributed by atoms with Crippen LogP contribution < -0.4 is 0 Å². The number of hydrogen-bond acceptors (Lipinski definition) is 4. The van der Waals surface area contributed by atoms with Gasteiger partial charge in [-0.15, -0.1) is 0 Å². The Morgan fingerprint density at radius 2 is 1.70 bits per heavy atom. The quantitative estimate of drug-likeness (QED) is 0.767. The van der Waals surface area contributed by atoms with E-state index in [1.165, 1.54) is 0 Å². The maximum atomic E-state index is 9.98. The first-order chi connectivity index (χ1) is 8.96. The van der Waals surface area contributed by atoms with Crippen molar-refractivity contribution in [3.8, 4) is 0 Å². The summed E-state index contributed by atoms with van der Waals surface area (Å²) >= 11 is 0. The summed E-state index contributed by atoms with van der Waals surface area (Å²) in [6.45, 7) is 15.3. The van der Waals surface area contributed by atoms with Crippen molar-refractivity contribution in [2.45, 2.75) is 82.7 Å². The molecular formula is C15H32O4Si. The Labute approximate surface area is 124 Å². The van der Waals surface area contributed by atoms with Crippen LogP contribution in [0.2, 0.25) is 23.7 Å². The Morgan fingerprint density at radius 1 is 1.15 bits per heavy atom. The Bertz CT molecular complexity index is 322. The van der Waals surface area contributed by atoms with E-state index in [2.05, 4.69) is 33.9 Å². The topological polar surface area (TPSA) is 58.9 Å². The van der Waals surface area contributed by atoms with Gasteiger partial charge >= 0.3 is 0 Å². The molecular weight excluding hydrogens is 272 g/mol. The van der Waals surface area contributed by atoms with E-state index in [0.717, 1.165) is 0 Å². The molecule has 0 spiro atoms. The standard InChI is InChI=1S/C15H32O4Si/c1-14(2,3)20(6,7)12(10-17)13-11(8-9-16)18-15(4,5)19-13/h11-13,16-17H,8-10H2,1-7H3/t11-,12-,13+/m0/s1. The number of aliphatic hydroxyl groups is 2. The van der Waals surface area contributed by atoms with Gasteiger partial charge in [-0.25, -0.2) is 0 Å². The lowest BCUT2D eigenvalue weighted by molar-refractivity contribution is -0.148. The van der Waals surface area contributed by atoms with Crippen molar-refractivity contribution in [3.05, 3.63) is 0 Å². The second-order valence-corrected chi connectivity index (χ2v) is 13.6. The Kier molecular flexibility index (Phi) is 5.47. The molecule has 20 heavy (non-hydrogen) atoms. The third-order valence-electron chi connectivity index (χ3n) is 5.09. The zero-order chi connectivity index (χ0) is 15.8. The van der Waals surface area contributed by atoms with Crippen LogP contribution in [0, 0.1) is 0 Å². The fourth-order valence-electron chi connectivity index (χ4n) is 2.85. The van der Waals surface area contributed by atoms with Gasteiger partial charge in [0.15, 0.2) is 5.79 Å². The Morgan fingerprint density at radius 3 is 2.10 bits per heavy atom. The summed E-state index contributed by atoms with van der Waals surface area (Å²) < 4.78 is 12.0. The lowest BCUT2D eigenvalue weighted by Crippen LogP contribution is -2.50. The molecule has 1 aliphatic heterocycles. The minimum absolute atomic E-state index is 0.0796. The molecule has 1 rings (SSSR count). The second-order valence-electron chi connectivity index (χ2n) is 7.91. The summed E-state index contributed by atoms with van der Waals surface area (Å²) in [6, 6.07) is 0. The van der Waals surface area contributed by atoms with Crippen LogP contribution in [0.3, 0.4) is 0 Å². The molecule has 4 nitrogen and oxygen atoms in total. The monoisotopic (exact) mass is 304 g/mol. The zero-order valence-electron chi connectivity index (χ0n) is 14.1. The predicted molar refractivity (Wildman–Crippen MR) is 83.6 cm³/mol. The van der Waals surface area contributed by atoms with E-state index in [0.29, 0.717) is 6.42 Å². The highest BCUT2D eigenvalue weighted by molar-refractivity contribution is 6.81. The maximum absolute atomic E-state index is 9.98. The third-order valence-corrected chi connectivity index (χ3v) is 11.3. The lowest BCUT2D eigenvalue weighted by atomic mass is 10.1. The maximum Gasteiger partial charge on any atom is 0.163 e. The molecule has 0 aromatic carbocycles. The van der Waals surface area contributed by atoms with Gasteiger partial charge in [-0.3, -0.25) is 0 Å². The first-order valence-electron chi connectivity index (χ1n) is 7.53. The third kappa shape index (κ3) is 3.63. The van der Waals surface area contributed by atoms with E-state index in [4.69, 9.17) is 9.47 Å². The SMILES string of the molecule is CC1(C)O[C@@H]([C@H](CO)[Si](C)(C)C(C)(C)C)[C@H](CCO)O1. The fraction of sp³-hybridized carbons (Fsp3) is 1.00. The van der Waals surface area contributed by atoms with Gasteiger partial charge in [0.2, 0.25) is 0 Å². The van der Waals surface area contributed by atoms with Crippen LogP contribution in [0.15, 0.2) is 0 Å². The molecule has 1 fully saturated rings. The van der Waals surface area contributed by atoms with Crippen LogP contribution in [-0.2, 0) is 9.47 Å². The van der Waals surface area contributed by atoms with Crippen molar-refractivity contribution in [3.63, 3.8) is 0 Å². The minimum atomic E-state index is -1.77. The predicted octanol–water partition coefficient (Wildman–Crippen LogP) is 2.76. The Hall–Kier alpha value is 0.0569. The smallest absolute Gasteiger partial charge is 0.163 e. The molecule has 5 heteroatoms. The molecule has 1 aliphatic rings. The van der Waals surface area contributed by atoms with Crippen LogP contribution in [0.25, 0.3) is 0 Å². The first kappa shape index (κ1) is 18.1. The fourth-order valence-corrected chi connectivity index (χ4v) is 5.53. The molecule has 1 heterocycles. The molecule has 0 saturated carbocycles. The van der Waals surface area contributed by atoms with Crippen LogP contribution in [0.1, 0.15) is 41.0 Å². The van der Waals surface area contributed by atoms with Crippen LogP contribution in [0.5, 0.6) is 0 Å². The van der Waals surface area contributed by atoms with E-state index >= 15 is 0 Å². The number of hydrogen-bond donors (Lipinski definition) is 2. The molecule has 120 valence electrons. The van der Waals surface area contributed by atoms with Gasteiger partial charge in [-0.2, -0.15) is 0 Å². The molecule has 0 bridgehead atoms. The summed E-state index contributed by atoms with van der Waals surface area (Å²) in [5, 5.41) is 19.4. The van der Waals surface area contributed by atoms with E-state index in [1.807, 2.05) is 13.8 Å². The van der Waals surface area contributed by atoms with Crippen molar-refractivity contribution in [1.82, 2.24) is 0 Å². The summed E-state index contributed by atoms with van der Waals surface area (Å²) in [6.07, 6.45) is 0.281. The largest absolute Gasteiger partial charge is 0.396 e.